The highest BCUT2D eigenvalue weighted by Gasteiger charge is 2.36. The van der Waals surface area contributed by atoms with E-state index in [-0.39, 0.29) is 109 Å². The van der Waals surface area contributed by atoms with Gasteiger partial charge in [0.25, 0.3) is 0 Å². The molecule has 0 radical (unpaired) electrons. The molecular formula is C52H89N11O10. The van der Waals surface area contributed by atoms with Crippen molar-refractivity contribution < 1.29 is 48.3 Å². The van der Waals surface area contributed by atoms with Crippen molar-refractivity contribution in [2.45, 2.75) is 174 Å². The van der Waals surface area contributed by atoms with Crippen LogP contribution in [0.4, 0.5) is 0 Å². The average molecular weight is 1030 g/mol. The second-order valence-corrected chi connectivity index (χ2v) is 20.4. The maximum Gasteiger partial charge on any atom is 0.243 e. The van der Waals surface area contributed by atoms with Crippen molar-refractivity contribution in [2.75, 3.05) is 32.7 Å². The van der Waals surface area contributed by atoms with Crippen molar-refractivity contribution >= 4 is 52.9 Å². The van der Waals surface area contributed by atoms with Crippen LogP contribution in [0.1, 0.15) is 131 Å². The second-order valence-electron chi connectivity index (χ2n) is 20.4. The van der Waals surface area contributed by atoms with Gasteiger partial charge in [-0.3, -0.25) is 43.2 Å². The van der Waals surface area contributed by atoms with Crippen molar-refractivity contribution in [1.82, 2.24) is 37.2 Å². The summed E-state index contributed by atoms with van der Waals surface area (Å²) in [5.74, 6) is -7.86. The summed E-state index contributed by atoms with van der Waals surface area (Å²) in [6.45, 7) is 11.2. The van der Waals surface area contributed by atoms with Crippen LogP contribution in [0, 0.1) is 29.6 Å². The second kappa shape index (κ2) is 34.2. The first-order valence-electron chi connectivity index (χ1n) is 26.3. The zero-order chi connectivity index (χ0) is 54.6. The van der Waals surface area contributed by atoms with Gasteiger partial charge in [-0.25, -0.2) is 0 Å². The molecule has 73 heavy (non-hydrogen) atoms. The van der Waals surface area contributed by atoms with Crippen molar-refractivity contribution in [3.8, 4) is 0 Å². The van der Waals surface area contributed by atoms with Crippen LogP contribution >= 0.6 is 0 Å². The molecule has 21 nitrogen and oxygen atoms in total. The molecule has 0 aliphatic carbocycles. The van der Waals surface area contributed by atoms with Gasteiger partial charge in [-0.05, 0) is 107 Å². The van der Waals surface area contributed by atoms with Gasteiger partial charge >= 0.3 is 0 Å². The molecule has 1 fully saturated rings. The zero-order valence-electron chi connectivity index (χ0n) is 44.2. The highest BCUT2D eigenvalue weighted by molar-refractivity contribution is 5.98. The summed E-state index contributed by atoms with van der Waals surface area (Å²) in [4.78, 5) is 126. The lowest BCUT2D eigenvalue weighted by molar-refractivity contribution is -0.136. The lowest BCUT2D eigenvalue weighted by Crippen LogP contribution is -2.59. The molecule has 1 saturated heterocycles. The van der Waals surface area contributed by atoms with Crippen molar-refractivity contribution in [1.29, 1.82) is 0 Å². The van der Waals surface area contributed by atoms with Gasteiger partial charge in [-0.15, -0.1) is 0 Å². The molecule has 0 spiro atoms. The van der Waals surface area contributed by atoms with Crippen molar-refractivity contribution in [2.24, 2.45) is 52.5 Å². The number of carbonyl (C=O) groups excluding carboxylic acids is 9. The molecule has 21 heteroatoms. The van der Waals surface area contributed by atoms with E-state index in [9.17, 15) is 48.3 Å². The molecule has 16 N–H and O–H groups in total. The number of ketones is 2. The molecular weight excluding hydrogens is 939 g/mol. The largest absolute Gasteiger partial charge is 0.393 e. The number of benzene rings is 1. The van der Waals surface area contributed by atoms with Crippen LogP contribution in [0.3, 0.4) is 0 Å². The Morgan fingerprint density at radius 3 is 1.70 bits per heavy atom. The Bertz CT molecular complexity index is 1920. The molecule has 1 aromatic rings. The number of nitrogens with two attached hydrogens (primary N) is 4. The van der Waals surface area contributed by atoms with Crippen molar-refractivity contribution in [3.05, 3.63) is 35.9 Å². The molecule has 2 unspecified atom stereocenters. The number of rotatable bonds is 24. The van der Waals surface area contributed by atoms with Gasteiger partial charge in [0.1, 0.15) is 24.2 Å². The fourth-order valence-corrected chi connectivity index (χ4v) is 8.68. The van der Waals surface area contributed by atoms with E-state index >= 15 is 0 Å². The average Bonchev–Trinajstić information content (AvgIpc) is 3.33. The van der Waals surface area contributed by atoms with Gasteiger partial charge in [-0.1, -0.05) is 78.3 Å². The highest BCUT2D eigenvalue weighted by atomic mass is 16.3. The molecule has 10 atom stereocenters. The Labute approximate surface area is 432 Å². The molecule has 1 aromatic carbocycles. The van der Waals surface area contributed by atoms with Crippen LogP contribution in [0.25, 0.3) is 0 Å². The topological polar surface area (TPSA) is 362 Å². The normalized spacial score (nSPS) is 23.8. The van der Waals surface area contributed by atoms with Gasteiger partial charge in [0.05, 0.1) is 24.6 Å². The number of carbonyl (C=O) groups is 9. The number of hydrogen-bond donors (Lipinski definition) is 12. The quantitative estimate of drug-likeness (QED) is 0.0643. The first kappa shape index (κ1) is 63.8. The first-order valence-corrected chi connectivity index (χ1v) is 26.3. The molecule has 7 amide bonds. The van der Waals surface area contributed by atoms with Gasteiger partial charge < -0.3 is 65.3 Å². The number of aliphatic hydroxyl groups is 1. The molecule has 412 valence electrons. The van der Waals surface area contributed by atoms with Gasteiger partial charge in [0, 0.05) is 37.6 Å². The summed E-state index contributed by atoms with van der Waals surface area (Å²) in [5.41, 5.74) is 24.4. The maximum absolute atomic E-state index is 14.4. The van der Waals surface area contributed by atoms with Crippen LogP contribution in [-0.2, 0) is 49.6 Å². The minimum Gasteiger partial charge on any atom is -0.393 e. The third-order valence-electron chi connectivity index (χ3n) is 13.1. The van der Waals surface area contributed by atoms with E-state index in [1.165, 1.54) is 0 Å². The smallest absolute Gasteiger partial charge is 0.243 e. The van der Waals surface area contributed by atoms with E-state index in [1.54, 1.807) is 30.3 Å². The van der Waals surface area contributed by atoms with E-state index in [2.05, 4.69) is 37.2 Å². The van der Waals surface area contributed by atoms with Crippen LogP contribution in [0.5, 0.6) is 0 Å². The molecule has 1 heterocycles. The van der Waals surface area contributed by atoms with Gasteiger partial charge in [0.2, 0.25) is 41.4 Å². The third-order valence-corrected chi connectivity index (χ3v) is 13.1. The molecule has 0 saturated carbocycles. The minimum absolute atomic E-state index is 0.00263. The Morgan fingerprint density at radius 1 is 0.630 bits per heavy atom. The van der Waals surface area contributed by atoms with Crippen LogP contribution in [0.15, 0.2) is 30.3 Å². The summed E-state index contributed by atoms with van der Waals surface area (Å²) in [6.07, 6.45) is 0.167. The molecule has 1 aliphatic heterocycles. The van der Waals surface area contributed by atoms with E-state index < -0.39 is 114 Å². The lowest BCUT2D eigenvalue weighted by atomic mass is 9.88. The Hall–Kier alpha value is -5.35. The van der Waals surface area contributed by atoms with Gasteiger partial charge in [-0.2, -0.15) is 0 Å². The van der Waals surface area contributed by atoms with Gasteiger partial charge in [0.15, 0.2) is 11.6 Å². The monoisotopic (exact) mass is 1030 g/mol. The Morgan fingerprint density at radius 2 is 1.15 bits per heavy atom. The minimum atomic E-state index is -1.26. The SMILES string of the molecule is CCC(C)CCC(O)CC(=O)N[C@H](CCN)C(=O)C[C@H]1CCNC(=O)[C@H](CC(C)C)NC(=O)[C@H](CCN)NC(=O)[C@H](CCN)NC(=O)[C@H](Cc2ccccc2)NC(=O)[C@H](CC(C)C)CC(=O)[C@H](CCN)NC1=O. The fourth-order valence-electron chi connectivity index (χ4n) is 8.68. The van der Waals surface area contributed by atoms with Crippen LogP contribution < -0.4 is 60.2 Å². The fraction of sp³-hybridized carbons (Fsp3) is 0.712. The predicted molar refractivity (Wildman–Crippen MR) is 278 cm³/mol. The maximum atomic E-state index is 14.4. The number of nitrogens with one attached hydrogen (secondary N) is 7. The molecule has 0 bridgehead atoms. The lowest BCUT2D eigenvalue weighted by Gasteiger charge is -2.27. The summed E-state index contributed by atoms with van der Waals surface area (Å²) >= 11 is 0. The van der Waals surface area contributed by atoms with E-state index in [0.29, 0.717) is 24.3 Å². The Kier molecular flexibility index (Phi) is 29.9. The van der Waals surface area contributed by atoms with Crippen LogP contribution in [0.2, 0.25) is 0 Å². The number of aliphatic hydroxyl groups excluding tert-OH is 1. The third kappa shape index (κ3) is 24.0. The van der Waals surface area contributed by atoms with E-state index in [1.807, 2.05) is 41.5 Å². The predicted octanol–water partition coefficient (Wildman–Crippen LogP) is -0.127. The standard InChI is InChI=1S/C52H89N11O10/c1-7-33(6)13-14-37(64)30-46(67)58-38(15-20-53)44(65)28-35-19-24-57-49(70)42(26-32(4)5)63-51(72)41(18-23-56)60-50(71)40(17-22-55)61-52(73)43(27-34-11-9-8-10-12-34)62-48(69)36(25-31(2)3)29-45(66)39(16-21-54)59-47(35)68/h8-12,31-33,35-43,64H,7,13-30,53-56H2,1-6H3,(H,57,70)(H,58,67)(H,59,68)(H,60,71)(H,61,73)(H,62,69)(H,63,72)/t33?,35-,36-,37?,38-,39+,40+,41+,42+,43+/m1/s1. The summed E-state index contributed by atoms with van der Waals surface area (Å²) < 4.78 is 0. The molecule has 1 aliphatic rings. The summed E-state index contributed by atoms with van der Waals surface area (Å²) in [6, 6.07) is 1.64. The Balaban J connectivity index is 2.69. The molecule has 2 rings (SSSR count). The summed E-state index contributed by atoms with van der Waals surface area (Å²) in [7, 11) is 0. The zero-order valence-corrected chi connectivity index (χ0v) is 44.2. The number of Topliss-reactive ketones (excluding diaryl/α,β-unsaturated/α-hetero) is 2. The van der Waals surface area contributed by atoms with E-state index in [0.717, 1.165) is 6.42 Å². The summed E-state index contributed by atoms with van der Waals surface area (Å²) in [5, 5.41) is 29.7. The van der Waals surface area contributed by atoms with Crippen LogP contribution in [-0.4, -0.2) is 133 Å². The van der Waals surface area contributed by atoms with E-state index in [4.69, 9.17) is 22.9 Å². The first-order chi connectivity index (χ1) is 34.7. The number of amides is 7. The van der Waals surface area contributed by atoms with Crippen molar-refractivity contribution in [3.63, 3.8) is 0 Å². The highest BCUT2D eigenvalue weighted by Crippen LogP contribution is 2.21. The molecule has 0 aromatic heterocycles. The number of hydrogen-bond acceptors (Lipinski definition) is 14.